The summed E-state index contributed by atoms with van der Waals surface area (Å²) in [6.07, 6.45) is 2.65. The second-order valence-electron chi connectivity index (χ2n) is 4.13. The monoisotopic (exact) mass is 284 g/mol. The molecular formula is C14H24N2O4. The SMILES string of the molecule is COCCOCCCNCc1nccc(OC)c1OC. The van der Waals surface area contributed by atoms with Crippen molar-refractivity contribution in [2.45, 2.75) is 13.0 Å². The molecular weight excluding hydrogens is 260 g/mol. The number of methoxy groups -OCH3 is 3. The molecule has 20 heavy (non-hydrogen) atoms. The van der Waals surface area contributed by atoms with Crippen LogP contribution in [-0.2, 0) is 16.0 Å². The fourth-order valence-corrected chi connectivity index (χ4v) is 1.73. The summed E-state index contributed by atoms with van der Waals surface area (Å²) >= 11 is 0. The molecule has 1 N–H and O–H groups in total. The number of rotatable bonds is 11. The molecule has 0 aliphatic carbocycles. The summed E-state index contributed by atoms with van der Waals surface area (Å²) in [5.74, 6) is 1.38. The molecule has 1 rings (SSSR count). The highest BCUT2D eigenvalue weighted by atomic mass is 16.5. The topological polar surface area (TPSA) is 61.8 Å². The Kier molecular flexibility index (Phi) is 8.69. The summed E-state index contributed by atoms with van der Waals surface area (Å²) in [5.41, 5.74) is 0.840. The lowest BCUT2D eigenvalue weighted by Crippen LogP contribution is -2.18. The Morgan fingerprint density at radius 3 is 2.65 bits per heavy atom. The van der Waals surface area contributed by atoms with E-state index in [1.54, 1.807) is 33.6 Å². The first-order chi connectivity index (χ1) is 9.83. The summed E-state index contributed by atoms with van der Waals surface area (Å²) in [6.45, 7) is 3.49. The zero-order valence-electron chi connectivity index (χ0n) is 12.5. The van der Waals surface area contributed by atoms with E-state index in [2.05, 4.69) is 10.3 Å². The van der Waals surface area contributed by atoms with Crippen LogP contribution in [0, 0.1) is 0 Å². The third-order valence-electron chi connectivity index (χ3n) is 2.73. The van der Waals surface area contributed by atoms with Gasteiger partial charge in [0.05, 0.1) is 33.1 Å². The van der Waals surface area contributed by atoms with Gasteiger partial charge in [-0.05, 0) is 13.0 Å². The standard InChI is InChI=1S/C14H24N2O4/c1-17-9-10-20-8-4-6-15-11-12-14(19-3)13(18-2)5-7-16-12/h5,7,15H,4,6,8-11H2,1-3H3. The molecule has 114 valence electrons. The number of aromatic nitrogens is 1. The number of hydrogen-bond acceptors (Lipinski definition) is 6. The van der Waals surface area contributed by atoms with Crippen molar-refractivity contribution in [3.8, 4) is 11.5 Å². The molecule has 0 aliphatic heterocycles. The number of hydrogen-bond donors (Lipinski definition) is 1. The molecule has 1 aromatic rings. The van der Waals surface area contributed by atoms with Crippen LogP contribution in [0.5, 0.6) is 11.5 Å². The highest BCUT2D eigenvalue weighted by Gasteiger charge is 2.09. The van der Waals surface area contributed by atoms with Crippen LogP contribution in [-0.4, -0.2) is 52.7 Å². The number of ether oxygens (including phenoxy) is 4. The normalized spacial score (nSPS) is 10.6. The van der Waals surface area contributed by atoms with Crippen LogP contribution >= 0.6 is 0 Å². The zero-order valence-corrected chi connectivity index (χ0v) is 12.5. The molecule has 6 heteroatoms. The third kappa shape index (κ3) is 5.73. The van der Waals surface area contributed by atoms with E-state index in [1.165, 1.54) is 0 Å². The molecule has 0 aromatic carbocycles. The van der Waals surface area contributed by atoms with Crippen molar-refractivity contribution in [3.63, 3.8) is 0 Å². The second-order valence-corrected chi connectivity index (χ2v) is 4.13. The molecule has 1 heterocycles. The molecule has 0 fully saturated rings. The maximum Gasteiger partial charge on any atom is 0.183 e. The Morgan fingerprint density at radius 2 is 1.95 bits per heavy atom. The average molecular weight is 284 g/mol. The van der Waals surface area contributed by atoms with Gasteiger partial charge in [-0.25, -0.2) is 0 Å². The van der Waals surface area contributed by atoms with Crippen molar-refractivity contribution in [2.24, 2.45) is 0 Å². The molecule has 1 aromatic heterocycles. The average Bonchev–Trinajstić information content (AvgIpc) is 2.49. The van der Waals surface area contributed by atoms with Gasteiger partial charge in [0.1, 0.15) is 0 Å². The fourth-order valence-electron chi connectivity index (χ4n) is 1.73. The summed E-state index contributed by atoms with van der Waals surface area (Å²) in [7, 11) is 4.90. The van der Waals surface area contributed by atoms with Crippen molar-refractivity contribution < 1.29 is 18.9 Å². The lowest BCUT2D eigenvalue weighted by atomic mass is 10.3. The van der Waals surface area contributed by atoms with E-state index in [9.17, 15) is 0 Å². The van der Waals surface area contributed by atoms with E-state index in [1.807, 2.05) is 0 Å². The minimum atomic E-state index is 0.637. The quantitative estimate of drug-likeness (QED) is 0.617. The van der Waals surface area contributed by atoms with Gasteiger partial charge in [0.2, 0.25) is 0 Å². The number of nitrogens with one attached hydrogen (secondary N) is 1. The van der Waals surface area contributed by atoms with Gasteiger partial charge in [-0.3, -0.25) is 4.98 Å². The Morgan fingerprint density at radius 1 is 1.10 bits per heavy atom. The Balaban J connectivity index is 2.25. The molecule has 6 nitrogen and oxygen atoms in total. The molecule has 0 spiro atoms. The van der Waals surface area contributed by atoms with E-state index in [4.69, 9.17) is 18.9 Å². The minimum absolute atomic E-state index is 0.637. The Bertz CT molecular complexity index is 374. The summed E-state index contributed by atoms with van der Waals surface area (Å²) in [5, 5.41) is 3.31. The molecule has 0 bridgehead atoms. The van der Waals surface area contributed by atoms with Gasteiger partial charge in [0, 0.05) is 32.5 Å². The van der Waals surface area contributed by atoms with Gasteiger partial charge in [0.15, 0.2) is 11.5 Å². The molecule has 0 unspecified atom stereocenters. The van der Waals surface area contributed by atoms with Gasteiger partial charge in [0.25, 0.3) is 0 Å². The maximum atomic E-state index is 5.38. The minimum Gasteiger partial charge on any atom is -0.493 e. The second kappa shape index (κ2) is 10.4. The largest absolute Gasteiger partial charge is 0.493 e. The first-order valence-electron chi connectivity index (χ1n) is 6.66. The smallest absolute Gasteiger partial charge is 0.183 e. The van der Waals surface area contributed by atoms with Gasteiger partial charge in [-0.1, -0.05) is 0 Å². The van der Waals surface area contributed by atoms with Crippen molar-refractivity contribution in [2.75, 3.05) is 47.7 Å². The Labute approximate surface area is 120 Å². The van der Waals surface area contributed by atoms with Gasteiger partial charge in [-0.15, -0.1) is 0 Å². The van der Waals surface area contributed by atoms with E-state index in [-0.39, 0.29) is 0 Å². The molecule has 0 atom stereocenters. The van der Waals surface area contributed by atoms with Crippen LogP contribution in [0.4, 0.5) is 0 Å². The van der Waals surface area contributed by atoms with E-state index < -0.39 is 0 Å². The lowest BCUT2D eigenvalue weighted by molar-refractivity contribution is 0.0694. The van der Waals surface area contributed by atoms with Crippen LogP contribution in [0.3, 0.4) is 0 Å². The summed E-state index contributed by atoms with van der Waals surface area (Å²) in [6, 6.07) is 1.78. The molecule has 0 aliphatic rings. The van der Waals surface area contributed by atoms with Crippen LogP contribution in [0.1, 0.15) is 12.1 Å². The van der Waals surface area contributed by atoms with E-state index in [0.717, 1.165) is 25.3 Å². The summed E-state index contributed by atoms with van der Waals surface area (Å²) < 4.78 is 20.8. The van der Waals surface area contributed by atoms with Crippen LogP contribution < -0.4 is 14.8 Å². The molecule has 0 radical (unpaired) electrons. The molecule has 0 amide bonds. The van der Waals surface area contributed by atoms with Crippen molar-refractivity contribution in [1.29, 1.82) is 0 Å². The number of pyridine rings is 1. The lowest BCUT2D eigenvalue weighted by Gasteiger charge is -2.12. The van der Waals surface area contributed by atoms with E-state index >= 15 is 0 Å². The third-order valence-corrected chi connectivity index (χ3v) is 2.73. The van der Waals surface area contributed by atoms with Crippen molar-refractivity contribution in [3.05, 3.63) is 18.0 Å². The van der Waals surface area contributed by atoms with Gasteiger partial charge < -0.3 is 24.3 Å². The van der Waals surface area contributed by atoms with Crippen molar-refractivity contribution >= 4 is 0 Å². The van der Waals surface area contributed by atoms with Gasteiger partial charge >= 0.3 is 0 Å². The highest BCUT2D eigenvalue weighted by Crippen LogP contribution is 2.28. The molecule has 0 saturated carbocycles. The maximum absolute atomic E-state index is 5.38. The predicted octanol–water partition coefficient (Wildman–Crippen LogP) is 1.24. The zero-order chi connectivity index (χ0) is 14.6. The van der Waals surface area contributed by atoms with Gasteiger partial charge in [-0.2, -0.15) is 0 Å². The summed E-state index contributed by atoms with van der Waals surface area (Å²) in [4.78, 5) is 4.30. The first kappa shape index (κ1) is 16.7. The van der Waals surface area contributed by atoms with Crippen molar-refractivity contribution in [1.82, 2.24) is 10.3 Å². The van der Waals surface area contributed by atoms with Crippen LogP contribution in [0.15, 0.2) is 12.3 Å². The molecule has 0 saturated heterocycles. The predicted molar refractivity (Wildman–Crippen MR) is 76.4 cm³/mol. The first-order valence-corrected chi connectivity index (χ1v) is 6.66. The van der Waals surface area contributed by atoms with Crippen LogP contribution in [0.2, 0.25) is 0 Å². The Hall–Kier alpha value is -1.37. The van der Waals surface area contributed by atoms with E-state index in [0.29, 0.717) is 31.3 Å². The number of nitrogens with zero attached hydrogens (tertiary/aromatic N) is 1. The van der Waals surface area contributed by atoms with Crippen LogP contribution in [0.25, 0.3) is 0 Å². The fraction of sp³-hybridized carbons (Fsp3) is 0.643. The highest BCUT2D eigenvalue weighted by molar-refractivity contribution is 5.42.